The van der Waals surface area contributed by atoms with Gasteiger partial charge in [0.2, 0.25) is 5.43 Å². The summed E-state index contributed by atoms with van der Waals surface area (Å²) in [7, 11) is 1.54. The third-order valence-electron chi connectivity index (χ3n) is 8.55. The molecule has 0 unspecified atom stereocenters. The molecule has 7 rings (SSSR count). The Kier molecular flexibility index (Phi) is 10.4. The minimum atomic E-state index is -0.818. The van der Waals surface area contributed by atoms with Crippen LogP contribution in [0, 0.1) is 11.6 Å². The number of hydrogen-bond acceptors (Lipinski definition) is 9. The number of fused-ring (bicyclic) bond motifs is 2. The predicted molar refractivity (Wildman–Crippen MR) is 195 cm³/mol. The summed E-state index contributed by atoms with van der Waals surface area (Å²) in [6.07, 6.45) is 5.06. The average molecular weight is 773 g/mol. The quantitative estimate of drug-likeness (QED) is 0.137. The van der Waals surface area contributed by atoms with Crippen LogP contribution in [0.2, 0.25) is 0 Å². The lowest BCUT2D eigenvalue weighted by molar-refractivity contribution is 0.0357. The van der Waals surface area contributed by atoms with E-state index in [2.05, 4.69) is 36.1 Å². The second-order valence-corrected chi connectivity index (χ2v) is 12.8. The maximum Gasteiger partial charge on any atom is 0.261 e. The van der Waals surface area contributed by atoms with Crippen molar-refractivity contribution >= 4 is 49.5 Å². The fourth-order valence-electron chi connectivity index (χ4n) is 5.95. The van der Waals surface area contributed by atoms with Crippen molar-refractivity contribution in [3.8, 4) is 28.7 Å². The number of aromatic nitrogens is 3. The summed E-state index contributed by atoms with van der Waals surface area (Å²) in [4.78, 5) is 37.8. The van der Waals surface area contributed by atoms with Gasteiger partial charge in [-0.2, -0.15) is 0 Å². The summed E-state index contributed by atoms with van der Waals surface area (Å²) in [5, 5.41) is 3.25. The Bertz CT molecular complexity index is 2350. The van der Waals surface area contributed by atoms with Crippen LogP contribution in [0.15, 0.2) is 94.6 Å². The van der Waals surface area contributed by atoms with Gasteiger partial charge in [0.25, 0.3) is 5.91 Å². The van der Waals surface area contributed by atoms with E-state index in [1.807, 2.05) is 0 Å². The number of rotatable bonds is 11. The molecule has 1 aliphatic rings. The summed E-state index contributed by atoms with van der Waals surface area (Å²) >= 11 is 3.24. The molecule has 11 nitrogen and oxygen atoms in total. The second kappa shape index (κ2) is 15.4. The molecule has 1 fully saturated rings. The zero-order chi connectivity index (χ0) is 36.2. The largest absolute Gasteiger partial charge is 0.493 e. The maximum absolute atomic E-state index is 15.5. The Hall–Kier alpha value is -5.44. The highest BCUT2D eigenvalue weighted by Gasteiger charge is 2.20. The van der Waals surface area contributed by atoms with E-state index in [-0.39, 0.29) is 33.7 Å². The minimum Gasteiger partial charge on any atom is -0.493 e. The molecule has 0 aliphatic carbocycles. The Morgan fingerprint density at radius 2 is 1.77 bits per heavy atom. The Balaban J connectivity index is 1.09. The molecule has 3 aromatic heterocycles. The van der Waals surface area contributed by atoms with E-state index >= 15 is 8.78 Å². The van der Waals surface area contributed by atoms with Crippen LogP contribution in [0.1, 0.15) is 16.8 Å². The van der Waals surface area contributed by atoms with Crippen LogP contribution < -0.4 is 25.0 Å². The van der Waals surface area contributed by atoms with Gasteiger partial charge in [-0.05, 0) is 61.0 Å². The molecule has 0 spiro atoms. The SMILES string of the molecule is COc1cc2c(Oc3ccc(NC(=O)c4cn(-c5ccc(Br)cc5F)c5ncccc5c4=O)cc3F)ccnc2cc1OCCCN1CCOCC1. The molecule has 0 saturated carbocycles. The van der Waals surface area contributed by atoms with Crippen molar-refractivity contribution in [2.45, 2.75) is 6.42 Å². The van der Waals surface area contributed by atoms with Crippen LogP contribution in [0.3, 0.4) is 0 Å². The van der Waals surface area contributed by atoms with Crippen LogP contribution >= 0.6 is 15.9 Å². The molecule has 0 bridgehead atoms. The van der Waals surface area contributed by atoms with Crippen LogP contribution in [-0.2, 0) is 4.74 Å². The normalized spacial score (nSPS) is 13.3. The fraction of sp³-hybridized carbons (Fsp3) is 0.211. The number of methoxy groups -OCH3 is 1. The molecule has 1 amide bonds. The minimum absolute atomic E-state index is 0.0681. The van der Waals surface area contributed by atoms with Crippen LogP contribution in [0.4, 0.5) is 14.5 Å². The zero-order valence-electron chi connectivity index (χ0n) is 27.9. The van der Waals surface area contributed by atoms with E-state index < -0.39 is 23.0 Å². The van der Waals surface area contributed by atoms with Gasteiger partial charge in [0.05, 0.1) is 43.5 Å². The van der Waals surface area contributed by atoms with Gasteiger partial charge >= 0.3 is 0 Å². The van der Waals surface area contributed by atoms with Crippen LogP contribution in [0.25, 0.3) is 27.6 Å². The zero-order valence-corrected chi connectivity index (χ0v) is 29.5. The monoisotopic (exact) mass is 771 g/mol. The van der Waals surface area contributed by atoms with Crippen LogP contribution in [-0.4, -0.2) is 71.9 Å². The predicted octanol–water partition coefficient (Wildman–Crippen LogP) is 7.13. The first kappa shape index (κ1) is 35.0. The number of pyridine rings is 3. The molecular weight excluding hydrogens is 740 g/mol. The van der Waals surface area contributed by atoms with Crippen molar-refractivity contribution in [2.24, 2.45) is 0 Å². The third kappa shape index (κ3) is 7.45. The van der Waals surface area contributed by atoms with E-state index in [0.717, 1.165) is 45.3 Å². The lowest BCUT2D eigenvalue weighted by Gasteiger charge is -2.26. The van der Waals surface area contributed by atoms with Crippen molar-refractivity contribution < 1.29 is 32.5 Å². The first-order chi connectivity index (χ1) is 25.3. The number of carbonyl (C=O) groups excluding carboxylic acids is 1. The Morgan fingerprint density at radius 1 is 0.923 bits per heavy atom. The molecule has 14 heteroatoms. The molecular formula is C38H32BrF2N5O6. The Morgan fingerprint density at radius 3 is 2.56 bits per heavy atom. The summed E-state index contributed by atoms with van der Waals surface area (Å²) in [6, 6.07) is 16.4. The molecule has 1 saturated heterocycles. The van der Waals surface area contributed by atoms with E-state index in [9.17, 15) is 9.59 Å². The molecule has 0 radical (unpaired) electrons. The number of hydrogen-bond donors (Lipinski definition) is 1. The molecule has 3 aromatic carbocycles. The average Bonchev–Trinajstić information content (AvgIpc) is 3.15. The second-order valence-electron chi connectivity index (χ2n) is 11.9. The highest BCUT2D eigenvalue weighted by atomic mass is 79.9. The third-order valence-corrected chi connectivity index (χ3v) is 9.05. The number of ether oxygens (including phenoxy) is 4. The lowest BCUT2D eigenvalue weighted by Crippen LogP contribution is -2.37. The number of nitrogens with zero attached hydrogens (tertiary/aromatic N) is 4. The summed E-state index contributed by atoms with van der Waals surface area (Å²) in [5.74, 6) is -0.973. The van der Waals surface area contributed by atoms with Crippen molar-refractivity contribution in [1.82, 2.24) is 19.4 Å². The smallest absolute Gasteiger partial charge is 0.261 e. The van der Waals surface area contributed by atoms with Crippen molar-refractivity contribution in [1.29, 1.82) is 0 Å². The molecule has 1 aliphatic heterocycles. The molecule has 0 atom stereocenters. The standard InChI is InChI=1S/C38H32BrF2N5O6/c1-49-34-20-26-30(21-35(34)51-15-3-12-45-13-16-50-17-14-45)42-11-9-32(26)52-33-8-6-24(19-29(33)41)44-38(48)27-22-46(31-7-5-23(39)18-28(31)40)37-25(36(27)47)4-2-10-43-37/h2,4-11,18-22H,3,12-17H2,1H3,(H,44,48). The topological polar surface area (TPSA) is 117 Å². The van der Waals surface area contributed by atoms with Gasteiger partial charge in [-0.1, -0.05) is 15.9 Å². The number of anilines is 1. The van der Waals surface area contributed by atoms with Gasteiger partial charge in [-0.15, -0.1) is 0 Å². The summed E-state index contributed by atoms with van der Waals surface area (Å²) in [5.41, 5.74) is -0.0265. The van der Waals surface area contributed by atoms with Crippen molar-refractivity contribution in [3.63, 3.8) is 0 Å². The molecule has 52 heavy (non-hydrogen) atoms. The number of carbonyl (C=O) groups is 1. The van der Waals surface area contributed by atoms with Crippen LogP contribution in [0.5, 0.6) is 23.0 Å². The van der Waals surface area contributed by atoms with Gasteiger partial charge in [-0.3, -0.25) is 24.0 Å². The number of nitrogens with one attached hydrogen (secondary N) is 1. The summed E-state index contributed by atoms with van der Waals surface area (Å²) in [6.45, 7) is 4.69. The fourth-order valence-corrected chi connectivity index (χ4v) is 6.28. The van der Waals surface area contributed by atoms with Gasteiger partial charge < -0.3 is 24.3 Å². The molecule has 4 heterocycles. The van der Waals surface area contributed by atoms with E-state index in [1.165, 1.54) is 54.4 Å². The van der Waals surface area contributed by atoms with Gasteiger partial charge in [0.1, 0.15) is 22.8 Å². The van der Waals surface area contributed by atoms with Gasteiger partial charge in [0.15, 0.2) is 23.1 Å². The van der Waals surface area contributed by atoms with E-state index in [0.29, 0.717) is 39.2 Å². The van der Waals surface area contributed by atoms with Gasteiger partial charge in [0, 0.05) is 65.9 Å². The van der Waals surface area contributed by atoms with Crippen molar-refractivity contribution in [3.05, 3.63) is 117 Å². The molecule has 6 aromatic rings. The molecule has 1 N–H and O–H groups in total. The van der Waals surface area contributed by atoms with Gasteiger partial charge in [-0.25, -0.2) is 13.8 Å². The number of benzene rings is 3. The number of amides is 1. The van der Waals surface area contributed by atoms with E-state index in [4.69, 9.17) is 18.9 Å². The van der Waals surface area contributed by atoms with Crippen molar-refractivity contribution in [2.75, 3.05) is 51.9 Å². The highest BCUT2D eigenvalue weighted by Crippen LogP contribution is 2.38. The maximum atomic E-state index is 15.5. The Labute approximate surface area is 304 Å². The first-order valence-corrected chi connectivity index (χ1v) is 17.2. The lowest BCUT2D eigenvalue weighted by atomic mass is 10.1. The van der Waals surface area contributed by atoms with E-state index in [1.54, 1.807) is 36.5 Å². The first-order valence-electron chi connectivity index (χ1n) is 16.4. The number of morpholine rings is 1. The number of halogens is 3. The molecule has 266 valence electrons. The highest BCUT2D eigenvalue weighted by molar-refractivity contribution is 9.10. The summed E-state index contributed by atoms with van der Waals surface area (Å²) < 4.78 is 55.4.